The van der Waals surface area contributed by atoms with Gasteiger partial charge in [-0.2, -0.15) is 0 Å². The zero-order valence-corrected chi connectivity index (χ0v) is 16.1. The molecule has 0 spiro atoms. The molecule has 1 aliphatic rings. The molecule has 0 radical (unpaired) electrons. The second-order valence-corrected chi connectivity index (χ2v) is 6.84. The highest BCUT2D eigenvalue weighted by Gasteiger charge is 2.40. The fourth-order valence-corrected chi connectivity index (χ4v) is 3.73. The van der Waals surface area contributed by atoms with Gasteiger partial charge in [-0.15, -0.1) is 0 Å². The second kappa shape index (κ2) is 7.86. The molecule has 3 heterocycles. The summed E-state index contributed by atoms with van der Waals surface area (Å²) in [6, 6.07) is 10.1. The topological polar surface area (TPSA) is 59.4 Å². The first-order valence-corrected chi connectivity index (χ1v) is 9.11. The number of methoxy groups -OCH3 is 1. The smallest absolute Gasteiger partial charge is 0.305 e. The van der Waals surface area contributed by atoms with E-state index in [4.69, 9.17) is 17.0 Å². The van der Waals surface area contributed by atoms with Crippen LogP contribution < -0.4 is 5.32 Å². The van der Waals surface area contributed by atoms with Crippen molar-refractivity contribution in [1.29, 1.82) is 0 Å². The van der Waals surface area contributed by atoms with E-state index in [1.165, 1.54) is 18.5 Å². The van der Waals surface area contributed by atoms with Crippen LogP contribution >= 0.6 is 12.2 Å². The fraction of sp³-hybridized carbons (Fsp3) is 0.421. The number of thiocarbonyl (C=S) groups is 1. The van der Waals surface area contributed by atoms with E-state index in [1.54, 1.807) is 6.20 Å². The number of aromatic nitrogens is 2. The van der Waals surface area contributed by atoms with Gasteiger partial charge < -0.3 is 19.5 Å². The molecule has 2 aromatic heterocycles. The molecule has 2 aromatic rings. The minimum Gasteiger partial charge on any atom is -0.469 e. The number of carbonyl (C=O) groups is 1. The SMILES string of the molecule is COC(=O)CCCN1C(=S)NC(c2ccccn2)C1c1ccc(C)n1C. The number of hydrogen-bond donors (Lipinski definition) is 1. The quantitative estimate of drug-likeness (QED) is 0.621. The Bertz CT molecular complexity index is 790. The number of esters is 1. The van der Waals surface area contributed by atoms with Crippen LogP contribution in [-0.2, 0) is 16.6 Å². The van der Waals surface area contributed by atoms with Gasteiger partial charge in [-0.3, -0.25) is 9.78 Å². The summed E-state index contributed by atoms with van der Waals surface area (Å²) in [5.74, 6) is -0.199. The first-order valence-electron chi connectivity index (χ1n) is 8.70. The lowest BCUT2D eigenvalue weighted by Crippen LogP contribution is -2.31. The monoisotopic (exact) mass is 372 g/mol. The molecule has 7 heteroatoms. The fourth-order valence-electron chi connectivity index (χ4n) is 3.39. The number of nitrogens with zero attached hydrogens (tertiary/aromatic N) is 3. The van der Waals surface area contributed by atoms with Gasteiger partial charge in [-0.05, 0) is 49.8 Å². The van der Waals surface area contributed by atoms with Gasteiger partial charge in [0.1, 0.15) is 0 Å². The Morgan fingerprint density at radius 1 is 1.35 bits per heavy atom. The molecular weight excluding hydrogens is 348 g/mol. The number of carbonyl (C=O) groups excluding carboxylic acids is 1. The van der Waals surface area contributed by atoms with Crippen molar-refractivity contribution >= 4 is 23.3 Å². The third kappa shape index (κ3) is 3.58. The van der Waals surface area contributed by atoms with Crippen LogP contribution in [0.25, 0.3) is 0 Å². The Hall–Kier alpha value is -2.41. The number of pyridine rings is 1. The van der Waals surface area contributed by atoms with Crippen molar-refractivity contribution in [3.05, 3.63) is 53.6 Å². The molecule has 1 N–H and O–H groups in total. The maximum atomic E-state index is 11.5. The molecule has 3 rings (SSSR count). The molecule has 2 unspecified atom stereocenters. The van der Waals surface area contributed by atoms with Gasteiger partial charge in [0.05, 0.1) is 24.9 Å². The molecule has 1 aliphatic heterocycles. The van der Waals surface area contributed by atoms with Crippen LogP contribution in [0.1, 0.15) is 42.0 Å². The lowest BCUT2D eigenvalue weighted by molar-refractivity contribution is -0.140. The average Bonchev–Trinajstić information content (AvgIpc) is 3.15. The summed E-state index contributed by atoms with van der Waals surface area (Å²) in [4.78, 5) is 18.1. The van der Waals surface area contributed by atoms with E-state index in [9.17, 15) is 4.79 Å². The predicted molar refractivity (Wildman–Crippen MR) is 104 cm³/mol. The largest absolute Gasteiger partial charge is 0.469 e. The lowest BCUT2D eigenvalue weighted by atomic mass is 10.0. The van der Waals surface area contributed by atoms with Gasteiger partial charge in [-0.25, -0.2) is 0 Å². The highest BCUT2D eigenvalue weighted by molar-refractivity contribution is 7.80. The molecule has 0 bridgehead atoms. The summed E-state index contributed by atoms with van der Waals surface area (Å²) in [7, 11) is 3.48. The zero-order chi connectivity index (χ0) is 18.7. The van der Waals surface area contributed by atoms with Gasteiger partial charge in [0, 0.05) is 37.6 Å². The average molecular weight is 372 g/mol. The zero-order valence-electron chi connectivity index (χ0n) is 15.3. The van der Waals surface area contributed by atoms with Crippen molar-refractivity contribution in [3.63, 3.8) is 0 Å². The number of rotatable bonds is 6. The van der Waals surface area contributed by atoms with Crippen LogP contribution in [0.2, 0.25) is 0 Å². The number of ether oxygens (including phenoxy) is 1. The van der Waals surface area contributed by atoms with Gasteiger partial charge >= 0.3 is 5.97 Å². The van der Waals surface area contributed by atoms with Crippen molar-refractivity contribution in [1.82, 2.24) is 19.8 Å². The minimum atomic E-state index is -0.199. The van der Waals surface area contributed by atoms with Crippen LogP contribution in [0.4, 0.5) is 0 Å². The molecule has 0 amide bonds. The van der Waals surface area contributed by atoms with Crippen molar-refractivity contribution < 1.29 is 9.53 Å². The molecule has 0 aromatic carbocycles. The summed E-state index contributed by atoms with van der Waals surface area (Å²) >= 11 is 5.61. The molecule has 6 nitrogen and oxygen atoms in total. The van der Waals surface area contributed by atoms with Gasteiger partial charge in [0.2, 0.25) is 0 Å². The van der Waals surface area contributed by atoms with Gasteiger partial charge in [0.25, 0.3) is 0 Å². The van der Waals surface area contributed by atoms with Gasteiger partial charge in [-0.1, -0.05) is 6.07 Å². The van der Waals surface area contributed by atoms with Crippen LogP contribution in [0, 0.1) is 6.92 Å². The van der Waals surface area contributed by atoms with E-state index < -0.39 is 0 Å². The van der Waals surface area contributed by atoms with E-state index in [0.29, 0.717) is 24.5 Å². The van der Waals surface area contributed by atoms with E-state index in [2.05, 4.69) is 45.9 Å². The van der Waals surface area contributed by atoms with Crippen molar-refractivity contribution in [3.8, 4) is 0 Å². The Morgan fingerprint density at radius 2 is 2.15 bits per heavy atom. The van der Waals surface area contributed by atoms with Crippen molar-refractivity contribution in [2.45, 2.75) is 31.8 Å². The van der Waals surface area contributed by atoms with Crippen molar-refractivity contribution in [2.24, 2.45) is 7.05 Å². The van der Waals surface area contributed by atoms with Crippen LogP contribution in [-0.4, -0.2) is 39.2 Å². The molecule has 26 heavy (non-hydrogen) atoms. The number of hydrogen-bond acceptors (Lipinski definition) is 4. The maximum Gasteiger partial charge on any atom is 0.305 e. The Kier molecular flexibility index (Phi) is 5.56. The predicted octanol–water partition coefficient (Wildman–Crippen LogP) is 2.65. The molecular formula is C19H24N4O2S. The standard InChI is InChI=1S/C19H24N4O2S/c1-13-9-10-15(22(13)2)18-17(14-7-4-5-11-20-14)21-19(26)23(18)12-6-8-16(24)25-3/h4-5,7,9-11,17-18H,6,8,12H2,1-3H3,(H,21,26). The lowest BCUT2D eigenvalue weighted by Gasteiger charge is -2.28. The molecule has 1 fully saturated rings. The number of nitrogens with one attached hydrogen (secondary N) is 1. The van der Waals surface area contributed by atoms with Crippen LogP contribution in [0.5, 0.6) is 0 Å². The van der Waals surface area contributed by atoms with Gasteiger partial charge in [0.15, 0.2) is 5.11 Å². The molecule has 138 valence electrons. The molecule has 0 saturated carbocycles. The van der Waals surface area contributed by atoms with Crippen LogP contribution in [0.3, 0.4) is 0 Å². The van der Waals surface area contributed by atoms with E-state index in [-0.39, 0.29) is 18.1 Å². The molecule has 1 saturated heterocycles. The first-order chi connectivity index (χ1) is 12.5. The minimum absolute atomic E-state index is 0.0220. The highest BCUT2D eigenvalue weighted by Crippen LogP contribution is 2.39. The maximum absolute atomic E-state index is 11.5. The van der Waals surface area contributed by atoms with E-state index >= 15 is 0 Å². The van der Waals surface area contributed by atoms with Crippen LogP contribution in [0.15, 0.2) is 36.5 Å². The summed E-state index contributed by atoms with van der Waals surface area (Å²) in [6.07, 6.45) is 2.86. The molecule has 0 aliphatic carbocycles. The Morgan fingerprint density at radius 3 is 2.77 bits per heavy atom. The summed E-state index contributed by atoms with van der Waals surface area (Å²) in [5.41, 5.74) is 3.31. The normalized spacial score (nSPS) is 19.5. The van der Waals surface area contributed by atoms with E-state index in [0.717, 1.165) is 5.69 Å². The summed E-state index contributed by atoms with van der Waals surface area (Å²) in [5, 5.41) is 4.11. The summed E-state index contributed by atoms with van der Waals surface area (Å²) in [6.45, 7) is 2.76. The Labute approximate surface area is 159 Å². The van der Waals surface area contributed by atoms with Crippen molar-refractivity contribution in [2.75, 3.05) is 13.7 Å². The highest BCUT2D eigenvalue weighted by atomic mass is 32.1. The second-order valence-electron chi connectivity index (χ2n) is 6.46. The molecule has 2 atom stereocenters. The summed E-state index contributed by atoms with van der Waals surface area (Å²) < 4.78 is 6.93. The number of aryl methyl sites for hydroxylation is 1. The third-order valence-electron chi connectivity index (χ3n) is 4.92. The Balaban J connectivity index is 1.90. The van der Waals surface area contributed by atoms with E-state index in [1.807, 2.05) is 18.2 Å². The first kappa shape index (κ1) is 18.4. The third-order valence-corrected chi connectivity index (χ3v) is 5.27.